The predicted octanol–water partition coefficient (Wildman–Crippen LogP) is 2.48. The Hall–Kier alpha value is -1.77. The van der Waals surface area contributed by atoms with Gasteiger partial charge >= 0.3 is 5.97 Å². The summed E-state index contributed by atoms with van der Waals surface area (Å²) >= 11 is 0. The monoisotopic (exact) mass is 190 g/mol. The van der Waals surface area contributed by atoms with Gasteiger partial charge in [0.1, 0.15) is 5.76 Å². The number of carbonyl (C=O) groups excluding carboxylic acids is 1. The van der Waals surface area contributed by atoms with Gasteiger partial charge in [-0.2, -0.15) is 0 Å². The molecule has 0 radical (unpaired) electrons. The van der Waals surface area contributed by atoms with Crippen LogP contribution in [-0.4, -0.2) is 13.1 Å². The van der Waals surface area contributed by atoms with E-state index >= 15 is 0 Å². The molecule has 0 atom stereocenters. The lowest BCUT2D eigenvalue weighted by atomic mass is 10.1. The van der Waals surface area contributed by atoms with E-state index in [0.717, 1.165) is 16.9 Å². The number of ether oxygens (including phenoxy) is 1. The molecule has 1 heterocycles. The third-order valence-corrected chi connectivity index (χ3v) is 2.22. The number of hydrogen-bond donors (Lipinski definition) is 0. The maximum absolute atomic E-state index is 11.4. The molecule has 0 N–H and O–H groups in total. The molecule has 3 heteroatoms. The summed E-state index contributed by atoms with van der Waals surface area (Å²) in [5, 5.41) is 0. The molecule has 0 saturated carbocycles. The fraction of sp³-hybridized carbons (Fsp3) is 0.182. The van der Waals surface area contributed by atoms with Crippen LogP contribution in [0.1, 0.15) is 15.9 Å². The topological polar surface area (TPSA) is 39.4 Å². The van der Waals surface area contributed by atoms with E-state index in [0.29, 0.717) is 5.56 Å². The van der Waals surface area contributed by atoms with Crippen molar-refractivity contribution < 1.29 is 13.9 Å². The number of fused-ring (bicyclic) bond motifs is 1. The first kappa shape index (κ1) is 8.81. The molecular weight excluding hydrogens is 180 g/mol. The normalized spacial score (nSPS) is 10.4. The molecule has 0 fully saturated rings. The fourth-order valence-electron chi connectivity index (χ4n) is 1.49. The molecule has 1 aliphatic heterocycles. The van der Waals surface area contributed by atoms with Crippen molar-refractivity contribution >= 4 is 5.97 Å². The quantitative estimate of drug-likeness (QED) is 0.648. The van der Waals surface area contributed by atoms with Gasteiger partial charge in [0.2, 0.25) is 0 Å². The van der Waals surface area contributed by atoms with Gasteiger partial charge in [-0.05, 0) is 24.6 Å². The first-order valence-electron chi connectivity index (χ1n) is 4.29. The summed E-state index contributed by atoms with van der Waals surface area (Å²) in [6.07, 6.45) is 1.50. The third kappa shape index (κ3) is 1.18. The SMILES string of the molecule is COC(=O)c1ccoc2c(C)ccc1-2. The van der Waals surface area contributed by atoms with E-state index in [4.69, 9.17) is 4.42 Å². The van der Waals surface area contributed by atoms with Crippen molar-refractivity contribution in [3.05, 3.63) is 35.6 Å². The number of rotatable bonds is 1. The Balaban J connectivity index is 2.61. The Bertz CT molecular complexity index is 442. The van der Waals surface area contributed by atoms with Crippen LogP contribution in [0.3, 0.4) is 0 Å². The molecule has 14 heavy (non-hydrogen) atoms. The van der Waals surface area contributed by atoms with Gasteiger partial charge in [0.15, 0.2) is 0 Å². The lowest BCUT2D eigenvalue weighted by Crippen LogP contribution is -2.02. The third-order valence-electron chi connectivity index (χ3n) is 2.22. The van der Waals surface area contributed by atoms with Crippen LogP contribution in [0.2, 0.25) is 0 Å². The van der Waals surface area contributed by atoms with E-state index in [1.807, 2.05) is 19.1 Å². The fourth-order valence-corrected chi connectivity index (χ4v) is 1.49. The highest BCUT2D eigenvalue weighted by atomic mass is 16.5. The average Bonchev–Trinajstić information content (AvgIpc) is 2.59. The van der Waals surface area contributed by atoms with Gasteiger partial charge in [-0.1, -0.05) is 6.07 Å². The highest BCUT2D eigenvalue weighted by Gasteiger charge is 2.18. The molecule has 3 nitrogen and oxygen atoms in total. The molecule has 0 bridgehead atoms. The summed E-state index contributed by atoms with van der Waals surface area (Å²) in [6, 6.07) is 5.40. The van der Waals surface area contributed by atoms with Crippen LogP contribution in [0.4, 0.5) is 0 Å². The zero-order valence-corrected chi connectivity index (χ0v) is 8.03. The van der Waals surface area contributed by atoms with Gasteiger partial charge in [0, 0.05) is 5.56 Å². The minimum Gasteiger partial charge on any atom is -0.465 e. The van der Waals surface area contributed by atoms with Crippen LogP contribution in [0, 0.1) is 6.92 Å². The maximum Gasteiger partial charge on any atom is 0.338 e. The number of methoxy groups -OCH3 is 1. The predicted molar refractivity (Wildman–Crippen MR) is 51.4 cm³/mol. The number of aryl methyl sites for hydroxylation is 1. The molecule has 0 saturated heterocycles. The van der Waals surface area contributed by atoms with Gasteiger partial charge in [0.05, 0.1) is 18.9 Å². The number of hydrogen-bond acceptors (Lipinski definition) is 3. The molecule has 0 unspecified atom stereocenters. The molecule has 0 aromatic heterocycles. The minimum atomic E-state index is -0.337. The summed E-state index contributed by atoms with van der Waals surface area (Å²) in [7, 11) is 1.37. The Labute approximate surface area is 81.6 Å². The Kier molecular flexibility index (Phi) is 2.00. The second-order valence-corrected chi connectivity index (χ2v) is 3.09. The summed E-state index contributed by atoms with van der Waals surface area (Å²) in [5.74, 6) is 0.407. The number of esters is 1. The first-order chi connectivity index (χ1) is 6.74. The second kappa shape index (κ2) is 3.18. The smallest absolute Gasteiger partial charge is 0.338 e. The lowest BCUT2D eigenvalue weighted by Gasteiger charge is -2.05. The summed E-state index contributed by atoms with van der Waals surface area (Å²) in [5.41, 5.74) is 2.37. The average molecular weight is 190 g/mol. The molecule has 1 aliphatic carbocycles. The highest BCUT2D eigenvalue weighted by molar-refractivity contribution is 5.97. The maximum atomic E-state index is 11.4. The molecule has 0 aromatic rings. The van der Waals surface area contributed by atoms with Gasteiger partial charge < -0.3 is 9.15 Å². The van der Waals surface area contributed by atoms with Gasteiger partial charge in [-0.3, -0.25) is 0 Å². The van der Waals surface area contributed by atoms with Crippen molar-refractivity contribution in [2.24, 2.45) is 0 Å². The Morgan fingerprint density at radius 3 is 2.86 bits per heavy atom. The molecule has 0 spiro atoms. The van der Waals surface area contributed by atoms with Crippen LogP contribution in [0.25, 0.3) is 11.3 Å². The van der Waals surface area contributed by atoms with E-state index in [-0.39, 0.29) is 5.97 Å². The van der Waals surface area contributed by atoms with Crippen LogP contribution in [0.5, 0.6) is 0 Å². The molecule has 0 aromatic carbocycles. The molecule has 72 valence electrons. The molecule has 2 rings (SSSR count). The van der Waals surface area contributed by atoms with Crippen molar-refractivity contribution in [2.45, 2.75) is 6.92 Å². The van der Waals surface area contributed by atoms with Gasteiger partial charge in [-0.25, -0.2) is 4.79 Å². The Morgan fingerprint density at radius 2 is 2.14 bits per heavy atom. The van der Waals surface area contributed by atoms with Crippen LogP contribution in [0.15, 0.2) is 28.9 Å². The van der Waals surface area contributed by atoms with Gasteiger partial charge in [0.25, 0.3) is 0 Å². The van der Waals surface area contributed by atoms with Gasteiger partial charge in [-0.15, -0.1) is 0 Å². The van der Waals surface area contributed by atoms with E-state index in [2.05, 4.69) is 4.74 Å². The van der Waals surface area contributed by atoms with E-state index < -0.39 is 0 Å². The van der Waals surface area contributed by atoms with E-state index in [1.165, 1.54) is 13.4 Å². The van der Waals surface area contributed by atoms with Crippen molar-refractivity contribution in [3.8, 4) is 11.3 Å². The highest BCUT2D eigenvalue weighted by Crippen LogP contribution is 2.30. The Morgan fingerprint density at radius 1 is 1.36 bits per heavy atom. The lowest BCUT2D eigenvalue weighted by molar-refractivity contribution is 0.0601. The van der Waals surface area contributed by atoms with Crippen molar-refractivity contribution in [2.75, 3.05) is 7.11 Å². The zero-order valence-electron chi connectivity index (χ0n) is 8.03. The van der Waals surface area contributed by atoms with E-state index in [1.54, 1.807) is 6.07 Å². The zero-order chi connectivity index (χ0) is 10.1. The summed E-state index contributed by atoms with van der Waals surface area (Å²) in [4.78, 5) is 11.4. The molecule has 0 amide bonds. The van der Waals surface area contributed by atoms with Crippen molar-refractivity contribution in [1.82, 2.24) is 0 Å². The van der Waals surface area contributed by atoms with Crippen LogP contribution >= 0.6 is 0 Å². The standard InChI is InChI=1S/C11H10O3/c1-7-3-4-8-9(11(12)13-2)5-6-14-10(7)8/h3-6H,1-2H3. The first-order valence-corrected chi connectivity index (χ1v) is 4.29. The van der Waals surface area contributed by atoms with E-state index in [9.17, 15) is 4.79 Å². The minimum absolute atomic E-state index is 0.337. The second-order valence-electron chi connectivity index (χ2n) is 3.09. The molecule has 2 aliphatic rings. The van der Waals surface area contributed by atoms with Crippen molar-refractivity contribution in [1.29, 1.82) is 0 Å². The number of carbonyl (C=O) groups is 1. The summed E-state index contributed by atoms with van der Waals surface area (Å²) < 4.78 is 9.98. The van der Waals surface area contributed by atoms with Crippen LogP contribution in [-0.2, 0) is 4.74 Å². The molecular formula is C11H10O3. The van der Waals surface area contributed by atoms with Crippen LogP contribution < -0.4 is 0 Å². The summed E-state index contributed by atoms with van der Waals surface area (Å²) in [6.45, 7) is 1.94. The largest absolute Gasteiger partial charge is 0.465 e. The van der Waals surface area contributed by atoms with Crippen molar-refractivity contribution in [3.63, 3.8) is 0 Å².